The van der Waals surface area contributed by atoms with Gasteiger partial charge < -0.3 is 14.5 Å². The standard InChI is InChI=1S/C18H25N3O3/c1-14-7-5-6-10-20(14)17(22)13-19-11-12-21(18(19)23)15-8-3-4-9-16(15)24-2/h3-4,8-9,14H,5-7,10-13H2,1-2H3. The Morgan fingerprint density at radius 1 is 1.21 bits per heavy atom. The molecule has 0 radical (unpaired) electrons. The highest BCUT2D eigenvalue weighted by Crippen LogP contribution is 2.30. The Bertz CT molecular complexity index is 619. The Labute approximate surface area is 143 Å². The fourth-order valence-electron chi connectivity index (χ4n) is 3.53. The van der Waals surface area contributed by atoms with E-state index in [1.807, 2.05) is 29.2 Å². The lowest BCUT2D eigenvalue weighted by molar-refractivity contribution is -0.134. The Morgan fingerprint density at radius 3 is 2.75 bits per heavy atom. The van der Waals surface area contributed by atoms with Gasteiger partial charge in [0.05, 0.1) is 12.8 Å². The van der Waals surface area contributed by atoms with Gasteiger partial charge in [-0.3, -0.25) is 9.69 Å². The molecular weight excluding hydrogens is 306 g/mol. The summed E-state index contributed by atoms with van der Waals surface area (Å²) in [5.74, 6) is 0.723. The Kier molecular flexibility index (Phi) is 4.92. The van der Waals surface area contributed by atoms with E-state index in [0.717, 1.165) is 25.1 Å². The molecule has 130 valence electrons. The van der Waals surface area contributed by atoms with E-state index in [1.165, 1.54) is 6.42 Å². The van der Waals surface area contributed by atoms with E-state index >= 15 is 0 Å². The lowest BCUT2D eigenvalue weighted by atomic mass is 10.0. The SMILES string of the molecule is COc1ccccc1N1CCN(CC(=O)N2CCCCC2C)C1=O. The summed E-state index contributed by atoms with van der Waals surface area (Å²) in [5, 5.41) is 0. The Hall–Kier alpha value is -2.24. The number of benzene rings is 1. The number of nitrogens with zero attached hydrogens (tertiary/aromatic N) is 3. The van der Waals surface area contributed by atoms with Gasteiger partial charge in [0.15, 0.2) is 0 Å². The van der Waals surface area contributed by atoms with E-state index in [4.69, 9.17) is 4.74 Å². The monoisotopic (exact) mass is 331 g/mol. The summed E-state index contributed by atoms with van der Waals surface area (Å²) >= 11 is 0. The fourth-order valence-corrected chi connectivity index (χ4v) is 3.53. The molecule has 1 aromatic rings. The van der Waals surface area contributed by atoms with Crippen LogP contribution in [-0.4, -0.2) is 61.1 Å². The first-order chi connectivity index (χ1) is 11.6. The largest absolute Gasteiger partial charge is 0.495 e. The van der Waals surface area contributed by atoms with Crippen LogP contribution >= 0.6 is 0 Å². The minimum absolute atomic E-state index is 0.0532. The minimum atomic E-state index is -0.127. The molecule has 0 spiro atoms. The number of methoxy groups -OCH3 is 1. The minimum Gasteiger partial charge on any atom is -0.495 e. The maximum atomic E-state index is 12.7. The van der Waals surface area contributed by atoms with Gasteiger partial charge >= 0.3 is 6.03 Å². The third-order valence-electron chi connectivity index (χ3n) is 4.92. The van der Waals surface area contributed by atoms with Crippen LogP contribution in [0, 0.1) is 0 Å². The predicted octanol–water partition coefficient (Wildman–Crippen LogP) is 2.34. The second kappa shape index (κ2) is 7.11. The number of para-hydroxylation sites is 2. The first kappa shape index (κ1) is 16.6. The van der Waals surface area contributed by atoms with Crippen molar-refractivity contribution in [3.63, 3.8) is 0 Å². The molecule has 3 rings (SSSR count). The Morgan fingerprint density at radius 2 is 2.00 bits per heavy atom. The Balaban J connectivity index is 1.67. The highest BCUT2D eigenvalue weighted by atomic mass is 16.5. The highest BCUT2D eigenvalue weighted by molar-refractivity contribution is 5.97. The maximum absolute atomic E-state index is 12.7. The molecule has 0 N–H and O–H groups in total. The highest BCUT2D eigenvalue weighted by Gasteiger charge is 2.34. The maximum Gasteiger partial charge on any atom is 0.325 e. The van der Waals surface area contributed by atoms with Gasteiger partial charge in [-0.1, -0.05) is 12.1 Å². The van der Waals surface area contributed by atoms with E-state index in [2.05, 4.69) is 6.92 Å². The predicted molar refractivity (Wildman–Crippen MR) is 92.3 cm³/mol. The van der Waals surface area contributed by atoms with Crippen LogP contribution in [0.1, 0.15) is 26.2 Å². The average Bonchev–Trinajstić information content (AvgIpc) is 2.95. The topological polar surface area (TPSA) is 53.1 Å². The van der Waals surface area contributed by atoms with Crippen LogP contribution in [0.4, 0.5) is 10.5 Å². The number of piperidine rings is 1. The molecule has 2 fully saturated rings. The molecule has 1 atom stereocenters. The molecule has 6 heteroatoms. The average molecular weight is 331 g/mol. The molecule has 2 heterocycles. The van der Waals surface area contributed by atoms with Crippen molar-refractivity contribution in [1.82, 2.24) is 9.80 Å². The van der Waals surface area contributed by atoms with Crippen molar-refractivity contribution in [3.05, 3.63) is 24.3 Å². The molecule has 2 saturated heterocycles. The molecule has 0 saturated carbocycles. The van der Waals surface area contributed by atoms with E-state index in [1.54, 1.807) is 16.9 Å². The molecule has 0 bridgehead atoms. The summed E-state index contributed by atoms with van der Waals surface area (Å²) < 4.78 is 5.34. The number of anilines is 1. The van der Waals surface area contributed by atoms with Gasteiger partial charge in [0.2, 0.25) is 5.91 Å². The lowest BCUT2D eigenvalue weighted by Gasteiger charge is -2.34. The van der Waals surface area contributed by atoms with E-state index < -0.39 is 0 Å². The van der Waals surface area contributed by atoms with Crippen LogP contribution in [0.5, 0.6) is 5.75 Å². The summed E-state index contributed by atoms with van der Waals surface area (Å²) in [6.45, 7) is 4.18. The number of urea groups is 1. The van der Waals surface area contributed by atoms with Crippen LogP contribution in [0.15, 0.2) is 24.3 Å². The third kappa shape index (κ3) is 3.18. The third-order valence-corrected chi connectivity index (χ3v) is 4.92. The van der Waals surface area contributed by atoms with Crippen molar-refractivity contribution in [3.8, 4) is 5.75 Å². The molecule has 1 aromatic carbocycles. The van der Waals surface area contributed by atoms with Gasteiger partial charge in [-0.05, 0) is 38.3 Å². The lowest BCUT2D eigenvalue weighted by Crippen LogP contribution is -2.47. The van der Waals surface area contributed by atoms with E-state index in [-0.39, 0.29) is 24.5 Å². The summed E-state index contributed by atoms with van der Waals surface area (Å²) in [4.78, 5) is 30.5. The van der Waals surface area contributed by atoms with Crippen molar-refractivity contribution in [2.75, 3.05) is 38.2 Å². The fraction of sp³-hybridized carbons (Fsp3) is 0.556. The van der Waals surface area contributed by atoms with Crippen LogP contribution in [-0.2, 0) is 4.79 Å². The van der Waals surface area contributed by atoms with Gasteiger partial charge in [-0.2, -0.15) is 0 Å². The number of likely N-dealkylation sites (tertiary alicyclic amines) is 1. The number of carbonyl (C=O) groups is 2. The molecule has 2 aliphatic heterocycles. The van der Waals surface area contributed by atoms with Crippen LogP contribution in [0.2, 0.25) is 0 Å². The van der Waals surface area contributed by atoms with Crippen LogP contribution in [0.3, 0.4) is 0 Å². The molecular formula is C18H25N3O3. The number of amides is 3. The number of rotatable bonds is 4. The molecule has 0 aromatic heterocycles. The second-order valence-corrected chi connectivity index (χ2v) is 6.46. The number of hydrogen-bond donors (Lipinski definition) is 0. The summed E-state index contributed by atoms with van der Waals surface area (Å²) in [6.07, 6.45) is 3.28. The van der Waals surface area contributed by atoms with Gasteiger partial charge in [-0.15, -0.1) is 0 Å². The summed E-state index contributed by atoms with van der Waals surface area (Å²) in [6, 6.07) is 7.61. The molecule has 1 unspecified atom stereocenters. The van der Waals surface area contributed by atoms with Crippen LogP contribution < -0.4 is 9.64 Å². The smallest absolute Gasteiger partial charge is 0.325 e. The van der Waals surface area contributed by atoms with Gasteiger partial charge in [0, 0.05) is 25.7 Å². The van der Waals surface area contributed by atoms with E-state index in [0.29, 0.717) is 18.8 Å². The van der Waals surface area contributed by atoms with E-state index in [9.17, 15) is 9.59 Å². The summed E-state index contributed by atoms with van der Waals surface area (Å²) in [5.41, 5.74) is 0.756. The van der Waals surface area contributed by atoms with Crippen molar-refractivity contribution >= 4 is 17.6 Å². The number of hydrogen-bond acceptors (Lipinski definition) is 3. The number of carbonyl (C=O) groups excluding carboxylic acids is 2. The van der Waals surface area contributed by atoms with Crippen molar-refractivity contribution in [1.29, 1.82) is 0 Å². The molecule has 24 heavy (non-hydrogen) atoms. The van der Waals surface area contributed by atoms with Gasteiger partial charge in [0.25, 0.3) is 0 Å². The zero-order valence-electron chi connectivity index (χ0n) is 14.4. The quantitative estimate of drug-likeness (QED) is 0.851. The molecule has 0 aliphatic carbocycles. The summed E-state index contributed by atoms with van der Waals surface area (Å²) in [7, 11) is 1.60. The molecule has 3 amide bonds. The first-order valence-electron chi connectivity index (χ1n) is 8.60. The van der Waals surface area contributed by atoms with Crippen molar-refractivity contribution < 1.29 is 14.3 Å². The van der Waals surface area contributed by atoms with Gasteiger partial charge in [0.1, 0.15) is 12.3 Å². The second-order valence-electron chi connectivity index (χ2n) is 6.46. The zero-order chi connectivity index (χ0) is 17.1. The normalized spacial score (nSPS) is 21.3. The number of ether oxygens (including phenoxy) is 1. The van der Waals surface area contributed by atoms with Gasteiger partial charge in [-0.25, -0.2) is 4.79 Å². The van der Waals surface area contributed by atoms with Crippen molar-refractivity contribution in [2.45, 2.75) is 32.2 Å². The molecule has 6 nitrogen and oxygen atoms in total. The molecule has 2 aliphatic rings. The zero-order valence-corrected chi connectivity index (χ0v) is 14.4. The first-order valence-corrected chi connectivity index (χ1v) is 8.60. The van der Waals surface area contributed by atoms with Crippen LogP contribution in [0.25, 0.3) is 0 Å². The van der Waals surface area contributed by atoms with Crippen molar-refractivity contribution in [2.24, 2.45) is 0 Å².